The molecule has 0 radical (unpaired) electrons. The van der Waals surface area contributed by atoms with Gasteiger partial charge in [-0.25, -0.2) is 13.1 Å². The molecule has 1 aromatic heterocycles. The van der Waals surface area contributed by atoms with Crippen LogP contribution < -0.4 is 4.72 Å². The van der Waals surface area contributed by atoms with Gasteiger partial charge in [-0.2, -0.15) is 0 Å². The molecule has 6 nitrogen and oxygen atoms in total. The van der Waals surface area contributed by atoms with E-state index in [1.165, 1.54) is 24.5 Å². The average Bonchev–Trinajstić information content (AvgIpc) is 2.90. The molecule has 1 aliphatic rings. The Bertz CT molecular complexity index is 524. The van der Waals surface area contributed by atoms with E-state index in [-0.39, 0.29) is 17.4 Å². The Morgan fingerprint density at radius 1 is 1.53 bits per heavy atom. The molecule has 19 heavy (non-hydrogen) atoms. The number of carbonyl (C=O) groups excluding carboxylic acids is 1. The predicted molar refractivity (Wildman–Crippen MR) is 67.8 cm³/mol. The molecule has 1 amide bonds. The van der Waals surface area contributed by atoms with Crippen molar-refractivity contribution < 1.29 is 17.9 Å². The Hall–Kier alpha value is -1.47. The summed E-state index contributed by atoms with van der Waals surface area (Å²) in [4.78, 5) is 15.3. The van der Waals surface area contributed by atoms with Crippen molar-refractivity contribution in [2.75, 3.05) is 6.61 Å². The van der Waals surface area contributed by atoms with Gasteiger partial charge in [0.25, 0.3) is 10.0 Å². The van der Waals surface area contributed by atoms with Gasteiger partial charge in [-0.15, -0.1) is 0 Å². The Balaban J connectivity index is 1.87. The average molecular weight is 284 g/mol. The van der Waals surface area contributed by atoms with Gasteiger partial charge in [-0.05, 0) is 31.4 Å². The van der Waals surface area contributed by atoms with Crippen molar-refractivity contribution in [2.45, 2.75) is 36.7 Å². The van der Waals surface area contributed by atoms with Crippen LogP contribution in [-0.2, 0) is 19.6 Å². The van der Waals surface area contributed by atoms with Crippen LogP contribution in [0.15, 0.2) is 29.4 Å². The van der Waals surface area contributed by atoms with Gasteiger partial charge >= 0.3 is 0 Å². The van der Waals surface area contributed by atoms with Gasteiger partial charge in [0, 0.05) is 25.4 Å². The molecule has 2 heterocycles. The van der Waals surface area contributed by atoms with Crippen molar-refractivity contribution in [3.05, 3.63) is 24.5 Å². The number of sulfonamides is 1. The molecule has 0 aliphatic carbocycles. The first-order valence-electron chi connectivity index (χ1n) is 6.15. The topological polar surface area (TPSA) is 85.4 Å². The lowest BCUT2D eigenvalue weighted by molar-refractivity contribution is -0.119. The summed E-state index contributed by atoms with van der Waals surface area (Å²) < 4.78 is 31.1. The van der Waals surface area contributed by atoms with E-state index in [0.29, 0.717) is 6.42 Å². The van der Waals surface area contributed by atoms with Crippen molar-refractivity contribution >= 4 is 15.9 Å². The van der Waals surface area contributed by atoms with Crippen LogP contribution in [-0.4, -0.2) is 32.0 Å². The highest BCUT2D eigenvalue weighted by atomic mass is 32.2. The second-order valence-electron chi connectivity index (χ2n) is 4.39. The molecular weight excluding hydrogens is 268 g/mol. The van der Waals surface area contributed by atoms with Crippen molar-refractivity contribution in [1.82, 2.24) is 9.71 Å². The third-order valence-corrected chi connectivity index (χ3v) is 4.27. The zero-order chi connectivity index (χ0) is 13.7. The largest absolute Gasteiger partial charge is 0.378 e. The van der Waals surface area contributed by atoms with E-state index in [0.717, 1.165) is 19.4 Å². The SMILES string of the molecule is O=C(CC[C@H]1CCCO1)NS(=O)(=O)c1cccnc1. The fourth-order valence-electron chi connectivity index (χ4n) is 1.93. The van der Waals surface area contributed by atoms with E-state index in [2.05, 4.69) is 4.98 Å². The van der Waals surface area contributed by atoms with E-state index in [4.69, 9.17) is 4.74 Å². The molecule has 1 atom stereocenters. The van der Waals surface area contributed by atoms with Gasteiger partial charge < -0.3 is 4.74 Å². The van der Waals surface area contributed by atoms with Gasteiger partial charge in [0.1, 0.15) is 4.90 Å². The lowest BCUT2D eigenvalue weighted by Gasteiger charge is -2.09. The second kappa shape index (κ2) is 6.12. The van der Waals surface area contributed by atoms with E-state index < -0.39 is 15.9 Å². The number of nitrogens with zero attached hydrogens (tertiary/aromatic N) is 1. The molecule has 104 valence electrons. The van der Waals surface area contributed by atoms with Crippen LogP contribution >= 0.6 is 0 Å². The van der Waals surface area contributed by atoms with Crippen LogP contribution in [0.4, 0.5) is 0 Å². The smallest absolute Gasteiger partial charge is 0.265 e. The summed E-state index contributed by atoms with van der Waals surface area (Å²) in [5, 5.41) is 0. The summed E-state index contributed by atoms with van der Waals surface area (Å²) in [6.07, 6.45) is 5.38. The fraction of sp³-hybridized carbons (Fsp3) is 0.500. The minimum atomic E-state index is -3.81. The zero-order valence-corrected chi connectivity index (χ0v) is 11.2. The summed E-state index contributed by atoms with van der Waals surface area (Å²) in [6, 6.07) is 2.90. The fourth-order valence-corrected chi connectivity index (χ4v) is 2.91. The molecule has 0 aromatic carbocycles. The van der Waals surface area contributed by atoms with Crippen LogP contribution in [0, 0.1) is 0 Å². The standard InChI is InChI=1S/C12H16N2O4S/c15-12(6-5-10-3-2-8-18-10)14-19(16,17)11-4-1-7-13-9-11/h1,4,7,9-10H,2-3,5-6,8H2,(H,14,15)/t10-/m1/s1. The molecule has 0 spiro atoms. The minimum absolute atomic E-state index is 0.0135. The Morgan fingerprint density at radius 3 is 3.00 bits per heavy atom. The molecule has 0 saturated carbocycles. The van der Waals surface area contributed by atoms with Gasteiger partial charge in [-0.1, -0.05) is 0 Å². The van der Waals surface area contributed by atoms with Crippen LogP contribution in [0.3, 0.4) is 0 Å². The van der Waals surface area contributed by atoms with E-state index in [9.17, 15) is 13.2 Å². The Morgan fingerprint density at radius 2 is 2.37 bits per heavy atom. The number of hydrogen-bond donors (Lipinski definition) is 1. The van der Waals surface area contributed by atoms with E-state index in [1.54, 1.807) is 0 Å². The van der Waals surface area contributed by atoms with Gasteiger partial charge in [0.15, 0.2) is 0 Å². The molecule has 2 rings (SSSR count). The van der Waals surface area contributed by atoms with Crippen LogP contribution in [0.25, 0.3) is 0 Å². The summed E-state index contributed by atoms with van der Waals surface area (Å²) >= 11 is 0. The van der Waals surface area contributed by atoms with Crippen LogP contribution in [0.1, 0.15) is 25.7 Å². The molecule has 1 saturated heterocycles. The van der Waals surface area contributed by atoms with E-state index in [1.807, 2.05) is 4.72 Å². The highest BCUT2D eigenvalue weighted by Crippen LogP contribution is 2.16. The summed E-state index contributed by atoms with van der Waals surface area (Å²) in [7, 11) is -3.81. The number of amides is 1. The molecule has 1 N–H and O–H groups in total. The van der Waals surface area contributed by atoms with Gasteiger partial charge in [0.05, 0.1) is 6.10 Å². The lowest BCUT2D eigenvalue weighted by atomic mass is 10.1. The highest BCUT2D eigenvalue weighted by Gasteiger charge is 2.20. The van der Waals surface area contributed by atoms with Crippen LogP contribution in [0.5, 0.6) is 0 Å². The first-order valence-corrected chi connectivity index (χ1v) is 7.63. The zero-order valence-electron chi connectivity index (χ0n) is 10.4. The van der Waals surface area contributed by atoms with Crippen LogP contribution in [0.2, 0.25) is 0 Å². The van der Waals surface area contributed by atoms with Gasteiger partial charge in [0.2, 0.25) is 5.91 Å². The first kappa shape index (κ1) is 14.0. The molecule has 1 aromatic rings. The maximum Gasteiger partial charge on any atom is 0.265 e. The minimum Gasteiger partial charge on any atom is -0.378 e. The number of pyridine rings is 1. The molecule has 1 fully saturated rings. The maximum atomic E-state index is 11.8. The number of hydrogen-bond acceptors (Lipinski definition) is 5. The first-order chi connectivity index (χ1) is 9.08. The number of aromatic nitrogens is 1. The van der Waals surface area contributed by atoms with Crippen molar-refractivity contribution in [3.63, 3.8) is 0 Å². The number of carbonyl (C=O) groups is 1. The molecular formula is C12H16N2O4S. The maximum absolute atomic E-state index is 11.8. The second-order valence-corrected chi connectivity index (χ2v) is 6.07. The number of ether oxygens (including phenoxy) is 1. The van der Waals surface area contributed by atoms with Crippen molar-refractivity contribution in [1.29, 1.82) is 0 Å². The van der Waals surface area contributed by atoms with E-state index >= 15 is 0 Å². The Kier molecular flexibility index (Phi) is 4.49. The molecule has 7 heteroatoms. The van der Waals surface area contributed by atoms with Crippen molar-refractivity contribution in [3.8, 4) is 0 Å². The normalized spacial score (nSPS) is 19.3. The summed E-state index contributed by atoms with van der Waals surface area (Å²) in [5.41, 5.74) is 0. The molecule has 0 unspecified atom stereocenters. The Labute approximate surface area is 112 Å². The quantitative estimate of drug-likeness (QED) is 0.866. The van der Waals surface area contributed by atoms with Gasteiger partial charge in [-0.3, -0.25) is 9.78 Å². The molecule has 1 aliphatic heterocycles. The monoisotopic (exact) mass is 284 g/mol. The molecule has 0 bridgehead atoms. The lowest BCUT2D eigenvalue weighted by Crippen LogP contribution is -2.31. The third-order valence-electron chi connectivity index (χ3n) is 2.91. The highest BCUT2D eigenvalue weighted by molar-refractivity contribution is 7.90. The summed E-state index contributed by atoms with van der Waals surface area (Å²) in [5.74, 6) is -0.514. The third kappa shape index (κ3) is 4.00. The summed E-state index contributed by atoms with van der Waals surface area (Å²) in [6.45, 7) is 0.722. The number of nitrogens with one attached hydrogen (secondary N) is 1. The van der Waals surface area contributed by atoms with Crippen molar-refractivity contribution in [2.24, 2.45) is 0 Å². The number of rotatable bonds is 5. The predicted octanol–water partition coefficient (Wildman–Crippen LogP) is 0.846.